The minimum atomic E-state index is -0.117. The van der Waals surface area contributed by atoms with Crippen LogP contribution in [0.5, 0.6) is 0 Å². The maximum atomic E-state index is 12.3. The highest BCUT2D eigenvalue weighted by Crippen LogP contribution is 2.62. The number of carbonyl (C=O) groups excluding carboxylic acids is 1. The number of hydrogen-bond donors (Lipinski definition) is 3. The molecule has 1 fully saturated rings. The summed E-state index contributed by atoms with van der Waals surface area (Å²) in [5.74, 6) is 0.190. The summed E-state index contributed by atoms with van der Waals surface area (Å²) in [5, 5.41) is 6.96. The lowest BCUT2D eigenvalue weighted by molar-refractivity contribution is 0.0948. The molecule has 0 aromatic carbocycles. The van der Waals surface area contributed by atoms with E-state index >= 15 is 0 Å². The van der Waals surface area contributed by atoms with Gasteiger partial charge in [-0.2, -0.15) is 0 Å². The lowest BCUT2D eigenvalue weighted by atomic mass is 10.0. The average molecular weight is 296 g/mol. The first-order valence-electron chi connectivity index (χ1n) is 7.02. The number of carbonyl (C=O) groups is 1. The molecule has 6 heteroatoms. The Morgan fingerprint density at radius 3 is 2.45 bits per heavy atom. The van der Waals surface area contributed by atoms with Crippen LogP contribution in [0.25, 0.3) is 0 Å². The Balaban J connectivity index is 2.05. The minimum Gasteiger partial charge on any atom is -0.382 e. The van der Waals surface area contributed by atoms with Gasteiger partial charge in [0.05, 0.1) is 0 Å². The average Bonchev–Trinajstić information content (AvgIpc) is 2.66. The van der Waals surface area contributed by atoms with Crippen molar-refractivity contribution in [3.05, 3.63) is 4.88 Å². The number of nitrogens with two attached hydrogens (primary N) is 1. The Morgan fingerprint density at radius 1 is 1.35 bits per heavy atom. The molecule has 0 unspecified atom stereocenters. The van der Waals surface area contributed by atoms with E-state index in [1.807, 2.05) is 0 Å². The summed E-state index contributed by atoms with van der Waals surface area (Å²) in [6, 6.07) is 0.177. The van der Waals surface area contributed by atoms with Crippen molar-refractivity contribution >= 4 is 28.2 Å². The molecular weight excluding hydrogens is 272 g/mol. The lowest BCUT2D eigenvalue weighted by Crippen LogP contribution is -2.29. The van der Waals surface area contributed by atoms with Crippen LogP contribution in [0.4, 0.5) is 10.9 Å². The van der Waals surface area contributed by atoms with E-state index in [9.17, 15) is 4.79 Å². The van der Waals surface area contributed by atoms with Crippen LogP contribution in [-0.2, 0) is 0 Å². The third-order valence-corrected chi connectivity index (χ3v) is 5.71. The van der Waals surface area contributed by atoms with Gasteiger partial charge < -0.3 is 16.4 Å². The molecule has 20 heavy (non-hydrogen) atoms. The number of nitrogens with one attached hydrogen (secondary N) is 2. The van der Waals surface area contributed by atoms with Crippen molar-refractivity contribution in [2.24, 2.45) is 10.8 Å². The molecule has 1 aliphatic carbocycles. The topological polar surface area (TPSA) is 80.0 Å². The Labute approximate surface area is 124 Å². The maximum Gasteiger partial charge on any atom is 0.265 e. The molecule has 0 atom stereocenters. The van der Waals surface area contributed by atoms with Crippen LogP contribution in [0.3, 0.4) is 0 Å². The normalized spacial score (nSPS) is 19.6. The summed E-state index contributed by atoms with van der Waals surface area (Å²) in [7, 11) is 0. The van der Waals surface area contributed by atoms with Gasteiger partial charge in [0.15, 0.2) is 5.13 Å². The van der Waals surface area contributed by atoms with Crippen LogP contribution in [0, 0.1) is 10.8 Å². The number of nitrogen functional groups attached to an aromatic ring is 1. The second kappa shape index (κ2) is 4.91. The van der Waals surface area contributed by atoms with E-state index in [1.54, 1.807) is 0 Å². The van der Waals surface area contributed by atoms with Gasteiger partial charge in [0, 0.05) is 12.6 Å². The molecular formula is C14H24N4OS. The molecule has 2 rings (SSSR count). The molecule has 4 N–H and O–H groups in total. The zero-order chi connectivity index (χ0) is 15.1. The molecule has 1 heterocycles. The van der Waals surface area contributed by atoms with Crippen LogP contribution < -0.4 is 16.4 Å². The quantitative estimate of drug-likeness (QED) is 0.780. The van der Waals surface area contributed by atoms with Crippen molar-refractivity contribution in [3.8, 4) is 0 Å². The number of aromatic nitrogens is 1. The van der Waals surface area contributed by atoms with E-state index in [-0.39, 0.29) is 22.8 Å². The molecule has 0 saturated heterocycles. The summed E-state index contributed by atoms with van der Waals surface area (Å²) in [4.78, 5) is 17.0. The summed E-state index contributed by atoms with van der Waals surface area (Å²) in [5.41, 5.74) is 6.08. The van der Waals surface area contributed by atoms with E-state index in [2.05, 4.69) is 50.2 Å². The van der Waals surface area contributed by atoms with Crippen LogP contribution in [0.15, 0.2) is 0 Å². The maximum absolute atomic E-state index is 12.3. The SMILES string of the molecule is CCCNc1nc(N)c(C(=O)NC2C(C)(C)C2(C)C)s1. The first kappa shape index (κ1) is 15.1. The fourth-order valence-corrected chi connectivity index (χ4v) is 3.37. The van der Waals surface area contributed by atoms with Crippen molar-refractivity contribution in [1.29, 1.82) is 0 Å². The second-order valence-electron chi connectivity index (χ2n) is 6.51. The molecule has 1 saturated carbocycles. The van der Waals surface area contributed by atoms with Crippen LogP contribution >= 0.6 is 11.3 Å². The fourth-order valence-electron chi connectivity index (χ4n) is 2.56. The largest absolute Gasteiger partial charge is 0.382 e. The highest BCUT2D eigenvalue weighted by molar-refractivity contribution is 7.18. The molecule has 0 spiro atoms. The summed E-state index contributed by atoms with van der Waals surface area (Å²) in [6.45, 7) is 11.6. The van der Waals surface area contributed by atoms with Crippen molar-refractivity contribution in [2.75, 3.05) is 17.6 Å². The van der Waals surface area contributed by atoms with E-state index in [1.165, 1.54) is 11.3 Å². The molecule has 0 radical (unpaired) electrons. The molecule has 112 valence electrons. The number of nitrogens with zero attached hydrogens (tertiary/aromatic N) is 1. The highest BCUT2D eigenvalue weighted by Gasteiger charge is 2.65. The Morgan fingerprint density at radius 2 is 1.95 bits per heavy atom. The molecule has 1 amide bonds. The van der Waals surface area contributed by atoms with Crippen molar-refractivity contribution < 1.29 is 4.79 Å². The van der Waals surface area contributed by atoms with Crippen LogP contribution in [0.1, 0.15) is 50.7 Å². The van der Waals surface area contributed by atoms with Gasteiger partial charge in [0.1, 0.15) is 10.7 Å². The molecule has 0 bridgehead atoms. The van der Waals surface area contributed by atoms with Gasteiger partial charge in [0.25, 0.3) is 5.91 Å². The molecule has 0 aliphatic heterocycles. The van der Waals surface area contributed by atoms with E-state index in [4.69, 9.17) is 5.73 Å². The monoisotopic (exact) mass is 296 g/mol. The van der Waals surface area contributed by atoms with Gasteiger partial charge in [-0.15, -0.1) is 0 Å². The second-order valence-corrected chi connectivity index (χ2v) is 7.51. The van der Waals surface area contributed by atoms with Gasteiger partial charge in [-0.1, -0.05) is 46.0 Å². The first-order valence-corrected chi connectivity index (χ1v) is 7.84. The minimum absolute atomic E-state index is 0.116. The van der Waals surface area contributed by atoms with Gasteiger partial charge in [-0.05, 0) is 17.3 Å². The molecule has 1 aromatic rings. The van der Waals surface area contributed by atoms with Crippen molar-refractivity contribution in [2.45, 2.75) is 47.1 Å². The molecule has 1 aromatic heterocycles. The number of hydrogen-bond acceptors (Lipinski definition) is 5. The summed E-state index contributed by atoms with van der Waals surface area (Å²) < 4.78 is 0. The van der Waals surface area contributed by atoms with Crippen molar-refractivity contribution in [1.82, 2.24) is 10.3 Å². The van der Waals surface area contributed by atoms with E-state index < -0.39 is 0 Å². The fraction of sp³-hybridized carbons (Fsp3) is 0.714. The Hall–Kier alpha value is -1.30. The smallest absolute Gasteiger partial charge is 0.265 e. The standard InChI is InChI=1S/C14H24N4OS/c1-6-7-16-12-17-9(15)8(20-12)10(19)18-11-13(2,3)14(11,4)5/h11H,6-7,15H2,1-5H3,(H,16,17)(H,18,19). The van der Waals surface area contributed by atoms with Crippen molar-refractivity contribution in [3.63, 3.8) is 0 Å². The molecule has 5 nitrogen and oxygen atoms in total. The van der Waals surface area contributed by atoms with Gasteiger partial charge in [-0.3, -0.25) is 4.79 Å². The Kier molecular flexibility index (Phi) is 3.71. The highest BCUT2D eigenvalue weighted by atomic mass is 32.1. The summed E-state index contributed by atoms with van der Waals surface area (Å²) >= 11 is 1.32. The lowest BCUT2D eigenvalue weighted by Gasteiger charge is -2.05. The number of rotatable bonds is 5. The van der Waals surface area contributed by atoms with Gasteiger partial charge in [-0.25, -0.2) is 4.98 Å². The predicted molar refractivity (Wildman–Crippen MR) is 84.1 cm³/mol. The van der Waals surface area contributed by atoms with E-state index in [0.717, 1.165) is 13.0 Å². The van der Waals surface area contributed by atoms with E-state index in [0.29, 0.717) is 15.8 Å². The van der Waals surface area contributed by atoms with Gasteiger partial charge >= 0.3 is 0 Å². The predicted octanol–water partition coefficient (Wildman–Crippen LogP) is 2.71. The number of amides is 1. The van der Waals surface area contributed by atoms with Gasteiger partial charge in [0.2, 0.25) is 0 Å². The number of anilines is 2. The van der Waals surface area contributed by atoms with Crippen LogP contribution in [-0.4, -0.2) is 23.5 Å². The number of thiazole rings is 1. The third-order valence-electron chi connectivity index (χ3n) is 4.68. The zero-order valence-corrected chi connectivity index (χ0v) is 13.6. The molecule has 1 aliphatic rings. The first-order chi connectivity index (χ1) is 9.21. The third kappa shape index (κ3) is 2.37. The summed E-state index contributed by atoms with van der Waals surface area (Å²) in [6.07, 6.45) is 1.01. The zero-order valence-electron chi connectivity index (χ0n) is 12.8. The Bertz CT molecular complexity index is 507. The van der Waals surface area contributed by atoms with Crippen LogP contribution in [0.2, 0.25) is 0 Å².